The normalized spacial score (nSPS) is 15.3. The van der Waals surface area contributed by atoms with Crippen LogP contribution >= 0.6 is 12.2 Å². The summed E-state index contributed by atoms with van der Waals surface area (Å²) in [6, 6.07) is 17.9. The van der Waals surface area contributed by atoms with Gasteiger partial charge in [0.15, 0.2) is 10.7 Å². The molecule has 4 N–H and O–H groups in total. The Bertz CT molecular complexity index is 834. The zero-order chi connectivity index (χ0) is 20.9. The number of rotatable bonds is 7. The Morgan fingerprint density at radius 1 is 1.03 bits per heavy atom. The predicted molar refractivity (Wildman–Crippen MR) is 115 cm³/mol. The van der Waals surface area contributed by atoms with E-state index in [2.05, 4.69) is 30.2 Å². The SMILES string of the molecule is C[NH+](C)CCCNC(=S)NN1C(=O)NC(c2ccccc2)(c2ccccc2)C1=O. The molecule has 0 aliphatic carbocycles. The summed E-state index contributed by atoms with van der Waals surface area (Å²) < 4.78 is 0. The van der Waals surface area contributed by atoms with Crippen LogP contribution in [-0.2, 0) is 10.3 Å². The summed E-state index contributed by atoms with van der Waals surface area (Å²) in [5.74, 6) is -0.429. The van der Waals surface area contributed by atoms with E-state index in [4.69, 9.17) is 12.2 Å². The van der Waals surface area contributed by atoms with Crippen molar-refractivity contribution in [2.24, 2.45) is 0 Å². The number of nitrogens with zero attached hydrogens (tertiary/aromatic N) is 1. The molecular weight excluding hydrogens is 386 g/mol. The van der Waals surface area contributed by atoms with Gasteiger partial charge < -0.3 is 15.5 Å². The first kappa shape index (κ1) is 20.8. The summed E-state index contributed by atoms with van der Waals surface area (Å²) in [5.41, 5.74) is 2.80. The summed E-state index contributed by atoms with van der Waals surface area (Å²) >= 11 is 5.28. The third-order valence-electron chi connectivity index (χ3n) is 4.79. The number of imide groups is 1. The van der Waals surface area contributed by atoms with Crippen LogP contribution in [0.1, 0.15) is 17.5 Å². The van der Waals surface area contributed by atoms with Crippen molar-refractivity contribution in [2.45, 2.75) is 12.0 Å². The molecule has 1 heterocycles. The molecule has 0 unspecified atom stereocenters. The van der Waals surface area contributed by atoms with E-state index in [1.165, 1.54) is 4.90 Å². The fourth-order valence-corrected chi connectivity index (χ4v) is 3.54. The lowest BCUT2D eigenvalue weighted by Gasteiger charge is -2.28. The van der Waals surface area contributed by atoms with Crippen molar-refractivity contribution in [1.29, 1.82) is 0 Å². The molecule has 2 aromatic carbocycles. The number of quaternary nitrogens is 1. The van der Waals surface area contributed by atoms with E-state index >= 15 is 0 Å². The maximum Gasteiger partial charge on any atom is 0.344 e. The van der Waals surface area contributed by atoms with E-state index in [9.17, 15) is 9.59 Å². The zero-order valence-electron chi connectivity index (χ0n) is 16.6. The van der Waals surface area contributed by atoms with Crippen LogP contribution in [0.15, 0.2) is 60.7 Å². The first-order valence-corrected chi connectivity index (χ1v) is 9.97. The molecule has 0 saturated carbocycles. The Kier molecular flexibility index (Phi) is 6.46. The second-order valence-electron chi connectivity index (χ2n) is 7.23. The molecule has 3 amide bonds. The van der Waals surface area contributed by atoms with Crippen LogP contribution in [0.2, 0.25) is 0 Å². The van der Waals surface area contributed by atoms with Gasteiger partial charge in [-0.2, -0.15) is 5.01 Å². The number of benzene rings is 2. The quantitative estimate of drug-likeness (QED) is 0.301. The number of hydrazine groups is 1. The molecule has 1 fully saturated rings. The van der Waals surface area contributed by atoms with Crippen LogP contribution in [0.3, 0.4) is 0 Å². The Hall–Kier alpha value is -2.97. The molecule has 8 heteroatoms. The van der Waals surface area contributed by atoms with Gasteiger partial charge in [0.25, 0.3) is 5.91 Å². The highest BCUT2D eigenvalue weighted by Crippen LogP contribution is 2.35. The smallest absolute Gasteiger partial charge is 0.344 e. The van der Waals surface area contributed by atoms with E-state index in [1.807, 2.05) is 60.7 Å². The van der Waals surface area contributed by atoms with Gasteiger partial charge >= 0.3 is 6.03 Å². The number of nitrogens with one attached hydrogen (secondary N) is 4. The number of urea groups is 1. The molecule has 0 radical (unpaired) electrons. The van der Waals surface area contributed by atoms with Gasteiger partial charge in [-0.25, -0.2) is 4.79 Å². The van der Waals surface area contributed by atoms with E-state index in [0.717, 1.165) is 18.0 Å². The molecule has 0 atom stereocenters. The minimum absolute atomic E-state index is 0.235. The third kappa shape index (κ3) is 4.38. The van der Waals surface area contributed by atoms with E-state index in [-0.39, 0.29) is 5.11 Å². The highest BCUT2D eigenvalue weighted by atomic mass is 32.1. The van der Waals surface area contributed by atoms with Crippen molar-refractivity contribution in [2.75, 3.05) is 27.2 Å². The minimum atomic E-state index is -1.31. The van der Waals surface area contributed by atoms with Crippen molar-refractivity contribution in [3.63, 3.8) is 0 Å². The van der Waals surface area contributed by atoms with Crippen LogP contribution in [-0.4, -0.2) is 49.2 Å². The molecular formula is C21H26N5O2S+. The summed E-state index contributed by atoms with van der Waals surface area (Å²) in [7, 11) is 4.16. The molecule has 0 aromatic heterocycles. The van der Waals surface area contributed by atoms with Gasteiger partial charge in [-0.05, 0) is 23.3 Å². The van der Waals surface area contributed by atoms with E-state index in [1.54, 1.807) is 0 Å². The molecule has 1 aliphatic rings. The second-order valence-corrected chi connectivity index (χ2v) is 7.64. The van der Waals surface area contributed by atoms with Gasteiger partial charge in [-0.1, -0.05) is 60.7 Å². The van der Waals surface area contributed by atoms with Crippen molar-refractivity contribution >= 4 is 29.3 Å². The summed E-state index contributed by atoms with van der Waals surface area (Å²) in [6.07, 6.45) is 0.919. The van der Waals surface area contributed by atoms with Gasteiger partial charge in [0.1, 0.15) is 0 Å². The summed E-state index contributed by atoms with van der Waals surface area (Å²) in [4.78, 5) is 27.6. The lowest BCUT2D eigenvalue weighted by atomic mass is 9.83. The highest BCUT2D eigenvalue weighted by Gasteiger charge is 2.54. The molecule has 7 nitrogen and oxygen atoms in total. The van der Waals surface area contributed by atoms with E-state index in [0.29, 0.717) is 17.7 Å². The first-order valence-electron chi connectivity index (χ1n) is 9.56. The monoisotopic (exact) mass is 412 g/mol. The molecule has 0 spiro atoms. The number of hydrogen-bond acceptors (Lipinski definition) is 3. The molecule has 1 saturated heterocycles. The van der Waals surface area contributed by atoms with Gasteiger partial charge in [-0.15, -0.1) is 0 Å². The maximum absolute atomic E-state index is 13.5. The maximum atomic E-state index is 13.5. The van der Waals surface area contributed by atoms with Crippen LogP contribution in [0, 0.1) is 0 Å². The number of carbonyl (C=O) groups excluding carboxylic acids is 2. The topological polar surface area (TPSA) is 77.9 Å². The number of hydrogen-bond donors (Lipinski definition) is 4. The fourth-order valence-electron chi connectivity index (χ4n) is 3.35. The van der Waals surface area contributed by atoms with Crippen molar-refractivity contribution in [3.8, 4) is 0 Å². The van der Waals surface area contributed by atoms with Gasteiger partial charge in [0.2, 0.25) is 0 Å². The summed E-state index contributed by atoms with van der Waals surface area (Å²) in [5, 5.41) is 7.10. The van der Waals surface area contributed by atoms with Crippen LogP contribution in [0.4, 0.5) is 4.79 Å². The Morgan fingerprint density at radius 3 is 2.10 bits per heavy atom. The molecule has 2 aromatic rings. The van der Waals surface area contributed by atoms with Crippen molar-refractivity contribution in [1.82, 2.24) is 21.1 Å². The van der Waals surface area contributed by atoms with Crippen LogP contribution in [0.5, 0.6) is 0 Å². The predicted octanol–water partition coefficient (Wildman–Crippen LogP) is 0.396. The second kappa shape index (κ2) is 9.02. The molecule has 0 bridgehead atoms. The van der Waals surface area contributed by atoms with Crippen molar-refractivity contribution in [3.05, 3.63) is 71.8 Å². The zero-order valence-corrected chi connectivity index (χ0v) is 17.4. The average molecular weight is 413 g/mol. The van der Waals surface area contributed by atoms with Crippen LogP contribution < -0.4 is 21.0 Å². The van der Waals surface area contributed by atoms with Crippen LogP contribution in [0.25, 0.3) is 0 Å². The molecule has 152 valence electrons. The van der Waals surface area contributed by atoms with Gasteiger partial charge in [-0.3, -0.25) is 10.2 Å². The Morgan fingerprint density at radius 2 is 1.59 bits per heavy atom. The lowest BCUT2D eigenvalue weighted by molar-refractivity contribution is -0.858. The first-order chi connectivity index (χ1) is 13.9. The van der Waals surface area contributed by atoms with E-state index < -0.39 is 17.5 Å². The number of thiocarbonyl (C=S) groups is 1. The largest absolute Gasteiger partial charge is 0.361 e. The highest BCUT2D eigenvalue weighted by molar-refractivity contribution is 7.80. The third-order valence-corrected chi connectivity index (χ3v) is 5.02. The number of amides is 3. The molecule has 1 aliphatic heterocycles. The Balaban J connectivity index is 1.82. The molecule has 29 heavy (non-hydrogen) atoms. The Labute approximate surface area is 176 Å². The molecule has 3 rings (SSSR count). The standard InChI is InChI=1S/C21H25N5O2S/c1-25(2)15-9-14-22-19(29)24-26-18(27)21(23-20(26)28,16-10-5-3-6-11-16)17-12-7-4-8-13-17/h3-8,10-13H,9,14-15H2,1-2H3,(H,23,28)(H2,22,24,29)/p+1. The van der Waals surface area contributed by atoms with Crippen molar-refractivity contribution < 1.29 is 14.5 Å². The summed E-state index contributed by atoms with van der Waals surface area (Å²) in [6.45, 7) is 1.65. The minimum Gasteiger partial charge on any atom is -0.361 e. The fraction of sp³-hybridized carbons (Fsp3) is 0.286. The van der Waals surface area contributed by atoms with Gasteiger partial charge in [0, 0.05) is 13.0 Å². The number of carbonyl (C=O) groups is 2. The van der Waals surface area contributed by atoms with Gasteiger partial charge in [0.05, 0.1) is 20.6 Å². The lowest BCUT2D eigenvalue weighted by Crippen LogP contribution is -3.05. The average Bonchev–Trinajstić information content (AvgIpc) is 2.98.